The molecular formula is C12H27OS+. The van der Waals surface area contributed by atoms with Crippen LogP contribution in [0.3, 0.4) is 0 Å². The lowest BCUT2D eigenvalue weighted by atomic mass is 10.1. The van der Waals surface area contributed by atoms with Gasteiger partial charge in [-0.05, 0) is 23.7 Å². The lowest BCUT2D eigenvalue weighted by Gasteiger charge is -2.02. The normalized spacial score (nSPS) is 13.1. The Hall–Kier alpha value is 0.310. The summed E-state index contributed by atoms with van der Waals surface area (Å²) in [5.74, 6) is 2.34. The highest BCUT2D eigenvalue weighted by molar-refractivity contribution is 7.96. The van der Waals surface area contributed by atoms with Gasteiger partial charge in [0.2, 0.25) is 0 Å². The molecule has 0 heterocycles. The Balaban J connectivity index is 2.98. The smallest absolute Gasteiger partial charge is 0.130 e. The van der Waals surface area contributed by atoms with E-state index in [-0.39, 0.29) is 0 Å². The van der Waals surface area contributed by atoms with Crippen LogP contribution in [0.1, 0.15) is 51.9 Å². The van der Waals surface area contributed by atoms with Crippen molar-refractivity contribution in [3.63, 3.8) is 0 Å². The van der Waals surface area contributed by atoms with E-state index in [1.54, 1.807) is 0 Å². The average Bonchev–Trinajstić information content (AvgIpc) is 2.17. The van der Waals surface area contributed by atoms with Gasteiger partial charge in [-0.1, -0.05) is 39.0 Å². The van der Waals surface area contributed by atoms with Crippen LogP contribution in [0, 0.1) is 0 Å². The van der Waals surface area contributed by atoms with Crippen molar-refractivity contribution in [1.29, 1.82) is 0 Å². The van der Waals surface area contributed by atoms with Crippen LogP contribution in [-0.2, 0) is 10.9 Å². The number of aliphatic hydroxyl groups excluding tert-OH is 1. The van der Waals surface area contributed by atoms with Crippen LogP contribution in [0.2, 0.25) is 0 Å². The number of rotatable bonds is 10. The van der Waals surface area contributed by atoms with Crippen LogP contribution in [0.25, 0.3) is 0 Å². The third-order valence-electron chi connectivity index (χ3n) is 2.54. The SMILES string of the molecule is CCCCCCCCC[S+](C)CCO. The maximum absolute atomic E-state index is 8.74. The maximum Gasteiger partial charge on any atom is 0.130 e. The van der Waals surface area contributed by atoms with Crippen molar-refractivity contribution in [2.75, 3.05) is 24.4 Å². The zero-order valence-corrected chi connectivity index (χ0v) is 10.7. The standard InChI is InChI=1S/C12H27OS/c1-3-4-5-6-7-8-9-11-14(2)12-10-13/h13H,3-12H2,1-2H3/q+1. The molecule has 0 bridgehead atoms. The van der Waals surface area contributed by atoms with Crippen molar-refractivity contribution >= 4 is 10.9 Å². The highest BCUT2D eigenvalue weighted by Crippen LogP contribution is 2.08. The molecule has 86 valence electrons. The molecule has 0 saturated carbocycles. The summed E-state index contributed by atoms with van der Waals surface area (Å²) in [7, 11) is 0.471. The summed E-state index contributed by atoms with van der Waals surface area (Å²) >= 11 is 0. The zero-order valence-electron chi connectivity index (χ0n) is 9.93. The number of unbranched alkanes of at least 4 members (excludes halogenated alkanes) is 6. The molecule has 0 saturated heterocycles. The van der Waals surface area contributed by atoms with Crippen molar-refractivity contribution in [3.8, 4) is 0 Å². The number of hydrogen-bond acceptors (Lipinski definition) is 1. The van der Waals surface area contributed by atoms with E-state index >= 15 is 0 Å². The van der Waals surface area contributed by atoms with Gasteiger partial charge in [0.15, 0.2) is 0 Å². The zero-order chi connectivity index (χ0) is 10.6. The highest BCUT2D eigenvalue weighted by Gasteiger charge is 2.08. The van der Waals surface area contributed by atoms with Gasteiger partial charge in [0, 0.05) is 0 Å². The van der Waals surface area contributed by atoms with Crippen LogP contribution in [0.4, 0.5) is 0 Å². The van der Waals surface area contributed by atoms with E-state index in [1.807, 2.05) is 0 Å². The molecule has 1 unspecified atom stereocenters. The molecule has 0 rings (SSSR count). The van der Waals surface area contributed by atoms with Gasteiger partial charge in [-0.3, -0.25) is 0 Å². The molecule has 0 amide bonds. The summed E-state index contributed by atoms with van der Waals surface area (Å²) in [5.41, 5.74) is 0. The van der Waals surface area contributed by atoms with Crippen molar-refractivity contribution in [1.82, 2.24) is 0 Å². The molecule has 0 aromatic heterocycles. The average molecular weight is 219 g/mol. The van der Waals surface area contributed by atoms with E-state index in [4.69, 9.17) is 5.11 Å². The predicted octanol–water partition coefficient (Wildman–Crippen LogP) is 2.98. The second kappa shape index (κ2) is 11.4. The predicted molar refractivity (Wildman–Crippen MR) is 68.1 cm³/mol. The molecule has 14 heavy (non-hydrogen) atoms. The van der Waals surface area contributed by atoms with E-state index < -0.39 is 0 Å². The van der Waals surface area contributed by atoms with Crippen molar-refractivity contribution in [2.24, 2.45) is 0 Å². The molecule has 0 aliphatic rings. The molecule has 0 aromatic rings. The third kappa shape index (κ3) is 10.4. The van der Waals surface area contributed by atoms with Crippen LogP contribution < -0.4 is 0 Å². The molecule has 0 fully saturated rings. The molecule has 1 N–H and O–H groups in total. The van der Waals surface area contributed by atoms with Crippen molar-refractivity contribution in [2.45, 2.75) is 51.9 Å². The first-order valence-corrected chi connectivity index (χ1v) is 7.98. The molecule has 1 atom stereocenters. The first-order chi connectivity index (χ1) is 6.81. The van der Waals surface area contributed by atoms with Gasteiger partial charge in [-0.15, -0.1) is 0 Å². The van der Waals surface area contributed by atoms with E-state index in [0.717, 1.165) is 5.75 Å². The molecule has 1 nitrogen and oxygen atoms in total. The monoisotopic (exact) mass is 219 g/mol. The van der Waals surface area contributed by atoms with E-state index in [0.29, 0.717) is 17.5 Å². The largest absolute Gasteiger partial charge is 0.391 e. The Morgan fingerprint density at radius 3 is 2.00 bits per heavy atom. The molecule has 0 aliphatic carbocycles. The fourth-order valence-corrected chi connectivity index (χ4v) is 2.78. The summed E-state index contributed by atoms with van der Waals surface area (Å²) in [6, 6.07) is 0. The quantitative estimate of drug-likeness (QED) is 0.442. The lowest BCUT2D eigenvalue weighted by molar-refractivity contribution is 0.322. The fraction of sp³-hybridized carbons (Fsp3) is 1.00. The van der Waals surface area contributed by atoms with Gasteiger partial charge in [0.05, 0.1) is 12.9 Å². The Kier molecular flexibility index (Phi) is 11.6. The molecule has 0 aliphatic heterocycles. The Morgan fingerprint density at radius 2 is 1.43 bits per heavy atom. The second-order valence-corrected chi connectivity index (χ2v) is 6.41. The Bertz CT molecular complexity index is 106. The fourth-order valence-electron chi connectivity index (χ4n) is 1.56. The van der Waals surface area contributed by atoms with Crippen LogP contribution in [0.5, 0.6) is 0 Å². The topological polar surface area (TPSA) is 20.2 Å². The van der Waals surface area contributed by atoms with Crippen LogP contribution in [0.15, 0.2) is 0 Å². The Morgan fingerprint density at radius 1 is 0.857 bits per heavy atom. The second-order valence-electron chi connectivity index (χ2n) is 4.03. The van der Waals surface area contributed by atoms with E-state index in [1.165, 1.54) is 50.7 Å². The third-order valence-corrected chi connectivity index (χ3v) is 4.40. The Labute approximate surface area is 92.6 Å². The maximum atomic E-state index is 8.74. The summed E-state index contributed by atoms with van der Waals surface area (Å²) in [6.07, 6.45) is 12.0. The molecule has 0 radical (unpaired) electrons. The number of aliphatic hydroxyl groups is 1. The first kappa shape index (κ1) is 14.3. The summed E-state index contributed by atoms with van der Waals surface area (Å²) in [6.45, 7) is 2.63. The minimum atomic E-state index is 0.371. The van der Waals surface area contributed by atoms with Crippen LogP contribution >= 0.6 is 0 Å². The van der Waals surface area contributed by atoms with Gasteiger partial charge < -0.3 is 5.11 Å². The van der Waals surface area contributed by atoms with Crippen molar-refractivity contribution in [3.05, 3.63) is 0 Å². The lowest BCUT2D eigenvalue weighted by Crippen LogP contribution is -2.12. The molecule has 2 heteroatoms. The van der Waals surface area contributed by atoms with Crippen LogP contribution in [-0.4, -0.2) is 29.5 Å². The van der Waals surface area contributed by atoms with Gasteiger partial charge in [-0.25, -0.2) is 0 Å². The minimum absolute atomic E-state index is 0.371. The number of hydrogen-bond donors (Lipinski definition) is 1. The first-order valence-electron chi connectivity index (χ1n) is 6.01. The van der Waals surface area contributed by atoms with Gasteiger partial charge in [-0.2, -0.15) is 0 Å². The highest BCUT2D eigenvalue weighted by atomic mass is 32.2. The van der Waals surface area contributed by atoms with Gasteiger partial charge >= 0.3 is 0 Å². The minimum Gasteiger partial charge on any atom is -0.391 e. The molecular weight excluding hydrogens is 192 g/mol. The van der Waals surface area contributed by atoms with E-state index in [9.17, 15) is 0 Å². The van der Waals surface area contributed by atoms with Gasteiger partial charge in [0.1, 0.15) is 11.5 Å². The summed E-state index contributed by atoms with van der Waals surface area (Å²) < 4.78 is 0. The summed E-state index contributed by atoms with van der Waals surface area (Å²) in [5, 5.41) is 8.74. The van der Waals surface area contributed by atoms with Gasteiger partial charge in [0.25, 0.3) is 0 Å². The molecule has 0 aromatic carbocycles. The van der Waals surface area contributed by atoms with Crippen molar-refractivity contribution < 1.29 is 5.11 Å². The molecule has 0 spiro atoms. The van der Waals surface area contributed by atoms with E-state index in [2.05, 4.69) is 13.2 Å². The summed E-state index contributed by atoms with van der Waals surface area (Å²) in [4.78, 5) is 0.